The normalized spacial score (nSPS) is 21.2. The number of carbonyl (C=O) groups is 1. The van der Waals surface area contributed by atoms with Gasteiger partial charge in [-0.3, -0.25) is 9.48 Å². The highest BCUT2D eigenvalue weighted by Gasteiger charge is 2.25. The predicted octanol–water partition coefficient (Wildman–Crippen LogP) is 3.50. The van der Waals surface area contributed by atoms with Gasteiger partial charge in [-0.15, -0.1) is 12.4 Å². The molecule has 0 spiro atoms. The van der Waals surface area contributed by atoms with Crippen molar-refractivity contribution in [3.05, 3.63) is 24.4 Å². The topological polar surface area (TPSA) is 72.9 Å². The summed E-state index contributed by atoms with van der Waals surface area (Å²) in [5, 5.41) is 8.54. The van der Waals surface area contributed by atoms with Crippen LogP contribution in [0, 0.1) is 5.92 Å². The van der Waals surface area contributed by atoms with E-state index in [0.717, 1.165) is 42.3 Å². The Balaban J connectivity index is 0.00000192. The molecule has 2 unspecified atom stereocenters. The van der Waals surface area contributed by atoms with Crippen molar-refractivity contribution in [1.82, 2.24) is 9.78 Å². The van der Waals surface area contributed by atoms with E-state index in [1.807, 2.05) is 29.1 Å². The molecule has 3 rings (SSSR count). The summed E-state index contributed by atoms with van der Waals surface area (Å²) in [6, 6.07) is 6.40. The number of benzene rings is 1. The lowest BCUT2D eigenvalue weighted by molar-refractivity contribution is -0.120. The monoisotopic (exact) mass is 336 g/mol. The van der Waals surface area contributed by atoms with Crippen LogP contribution in [0.4, 0.5) is 5.69 Å². The molecule has 0 bridgehead atoms. The molecule has 0 aliphatic heterocycles. The molecule has 5 nitrogen and oxygen atoms in total. The number of amides is 1. The zero-order chi connectivity index (χ0) is 15.7. The first-order valence-electron chi connectivity index (χ1n) is 8.08. The summed E-state index contributed by atoms with van der Waals surface area (Å²) >= 11 is 0. The van der Waals surface area contributed by atoms with Gasteiger partial charge in [-0.05, 0) is 51.3 Å². The highest BCUT2D eigenvalue weighted by Crippen LogP contribution is 2.26. The van der Waals surface area contributed by atoms with Gasteiger partial charge in [0.1, 0.15) is 0 Å². The van der Waals surface area contributed by atoms with Gasteiger partial charge in [0.2, 0.25) is 5.91 Å². The van der Waals surface area contributed by atoms with Gasteiger partial charge in [-0.1, -0.05) is 6.42 Å². The first-order chi connectivity index (χ1) is 10.5. The Bertz CT molecular complexity index is 682. The van der Waals surface area contributed by atoms with Crippen LogP contribution >= 0.6 is 12.4 Å². The van der Waals surface area contributed by atoms with Crippen molar-refractivity contribution >= 4 is 34.9 Å². The number of hydrogen-bond donors (Lipinski definition) is 2. The third-order valence-electron chi connectivity index (χ3n) is 4.44. The molecule has 1 aromatic heterocycles. The number of fused-ring (bicyclic) bond motifs is 1. The number of nitrogens with one attached hydrogen (secondary N) is 1. The van der Waals surface area contributed by atoms with Crippen LogP contribution in [0.25, 0.3) is 10.9 Å². The highest BCUT2D eigenvalue weighted by molar-refractivity contribution is 5.95. The van der Waals surface area contributed by atoms with Crippen molar-refractivity contribution in [3.8, 4) is 0 Å². The number of nitrogens with two attached hydrogens (primary N) is 1. The lowest BCUT2D eigenvalue weighted by atomic mass is 9.85. The molecule has 23 heavy (non-hydrogen) atoms. The average Bonchev–Trinajstić information content (AvgIpc) is 2.90. The summed E-state index contributed by atoms with van der Waals surface area (Å²) in [6.45, 7) is 4.20. The van der Waals surface area contributed by atoms with E-state index in [0.29, 0.717) is 6.04 Å². The molecule has 1 heterocycles. The summed E-state index contributed by atoms with van der Waals surface area (Å²) in [5.74, 6) is 0.125. The minimum absolute atomic E-state index is 0. The molecule has 2 aromatic rings. The summed E-state index contributed by atoms with van der Waals surface area (Å²) in [4.78, 5) is 12.4. The molecule has 1 fully saturated rings. The molecule has 1 saturated carbocycles. The Morgan fingerprint density at radius 2 is 2.17 bits per heavy atom. The molecule has 0 saturated heterocycles. The molecule has 3 N–H and O–H groups in total. The Morgan fingerprint density at radius 1 is 1.39 bits per heavy atom. The summed E-state index contributed by atoms with van der Waals surface area (Å²) < 4.78 is 1.97. The van der Waals surface area contributed by atoms with Gasteiger partial charge < -0.3 is 11.1 Å². The number of carbonyl (C=O) groups excluding carboxylic acids is 1. The summed E-state index contributed by atoms with van der Waals surface area (Å²) in [5.41, 5.74) is 7.86. The molecule has 2 atom stereocenters. The average molecular weight is 337 g/mol. The number of hydrogen-bond acceptors (Lipinski definition) is 3. The van der Waals surface area contributed by atoms with Crippen molar-refractivity contribution < 1.29 is 4.79 Å². The minimum atomic E-state index is 0. The molecular weight excluding hydrogens is 312 g/mol. The van der Waals surface area contributed by atoms with Gasteiger partial charge in [-0.25, -0.2) is 0 Å². The minimum Gasteiger partial charge on any atom is -0.328 e. The second-order valence-electron chi connectivity index (χ2n) is 6.57. The maximum absolute atomic E-state index is 12.4. The quantitative estimate of drug-likeness (QED) is 0.901. The van der Waals surface area contributed by atoms with E-state index >= 15 is 0 Å². The largest absolute Gasteiger partial charge is 0.328 e. The van der Waals surface area contributed by atoms with Crippen LogP contribution in [0.3, 0.4) is 0 Å². The fourth-order valence-corrected chi connectivity index (χ4v) is 3.24. The maximum Gasteiger partial charge on any atom is 0.227 e. The van der Waals surface area contributed by atoms with Crippen LogP contribution in [0.5, 0.6) is 0 Å². The van der Waals surface area contributed by atoms with Gasteiger partial charge in [0.25, 0.3) is 0 Å². The Hall–Kier alpha value is -1.59. The van der Waals surface area contributed by atoms with E-state index in [1.165, 1.54) is 0 Å². The second-order valence-corrected chi connectivity index (χ2v) is 6.57. The lowest BCUT2D eigenvalue weighted by Gasteiger charge is -2.25. The zero-order valence-electron chi connectivity index (χ0n) is 13.7. The fourth-order valence-electron chi connectivity index (χ4n) is 3.24. The van der Waals surface area contributed by atoms with Crippen molar-refractivity contribution in [2.24, 2.45) is 11.7 Å². The first-order valence-corrected chi connectivity index (χ1v) is 8.08. The lowest BCUT2D eigenvalue weighted by Crippen LogP contribution is -2.34. The summed E-state index contributed by atoms with van der Waals surface area (Å²) in [7, 11) is 0. The standard InChI is InChI=1S/C17H24N4O.ClH/c1-11(2)21-16-9-15(7-6-13(16)10-19-21)20-17(22)12-4-3-5-14(18)8-12;/h6-7,9-12,14H,3-5,8,18H2,1-2H3,(H,20,22);1H. The SMILES string of the molecule is CC(C)n1ncc2ccc(NC(=O)C3CCCC(N)C3)cc21.Cl. The molecule has 126 valence electrons. The van der Waals surface area contributed by atoms with E-state index < -0.39 is 0 Å². The van der Waals surface area contributed by atoms with E-state index in [2.05, 4.69) is 24.3 Å². The van der Waals surface area contributed by atoms with E-state index in [1.54, 1.807) is 0 Å². The fraction of sp³-hybridized carbons (Fsp3) is 0.529. The van der Waals surface area contributed by atoms with Crippen molar-refractivity contribution in [2.45, 2.75) is 51.6 Å². The molecule has 1 aliphatic rings. The van der Waals surface area contributed by atoms with Crippen LogP contribution in [0.1, 0.15) is 45.6 Å². The van der Waals surface area contributed by atoms with Gasteiger partial charge >= 0.3 is 0 Å². The van der Waals surface area contributed by atoms with Crippen LogP contribution in [-0.4, -0.2) is 21.7 Å². The van der Waals surface area contributed by atoms with E-state index in [-0.39, 0.29) is 30.3 Å². The number of halogens is 1. The summed E-state index contributed by atoms with van der Waals surface area (Å²) in [6.07, 6.45) is 5.66. The number of rotatable bonds is 3. The van der Waals surface area contributed by atoms with Crippen LogP contribution < -0.4 is 11.1 Å². The number of aromatic nitrogens is 2. The third-order valence-corrected chi connectivity index (χ3v) is 4.44. The van der Waals surface area contributed by atoms with E-state index in [9.17, 15) is 4.79 Å². The molecule has 1 aromatic carbocycles. The number of nitrogens with zero attached hydrogens (tertiary/aromatic N) is 2. The second kappa shape index (κ2) is 7.32. The number of anilines is 1. The smallest absolute Gasteiger partial charge is 0.227 e. The van der Waals surface area contributed by atoms with Gasteiger partial charge in [0, 0.05) is 29.1 Å². The molecular formula is C17H25ClN4O. The molecule has 0 radical (unpaired) electrons. The van der Waals surface area contributed by atoms with Gasteiger partial charge in [-0.2, -0.15) is 5.10 Å². The van der Waals surface area contributed by atoms with Crippen LogP contribution in [0.15, 0.2) is 24.4 Å². The highest BCUT2D eigenvalue weighted by atomic mass is 35.5. The molecule has 1 amide bonds. The van der Waals surface area contributed by atoms with Crippen molar-refractivity contribution in [2.75, 3.05) is 5.32 Å². The van der Waals surface area contributed by atoms with Gasteiger partial charge in [0.15, 0.2) is 0 Å². The Kier molecular flexibility index (Phi) is 5.65. The molecule has 6 heteroatoms. The van der Waals surface area contributed by atoms with Crippen LogP contribution in [-0.2, 0) is 4.79 Å². The Morgan fingerprint density at radius 3 is 2.87 bits per heavy atom. The first kappa shape index (κ1) is 17.8. The van der Waals surface area contributed by atoms with Gasteiger partial charge in [0.05, 0.1) is 11.7 Å². The maximum atomic E-state index is 12.4. The Labute approximate surface area is 143 Å². The van der Waals surface area contributed by atoms with E-state index in [4.69, 9.17) is 5.73 Å². The zero-order valence-corrected chi connectivity index (χ0v) is 14.5. The predicted molar refractivity (Wildman–Crippen MR) is 95.9 cm³/mol. The molecule has 1 aliphatic carbocycles. The third kappa shape index (κ3) is 3.85. The van der Waals surface area contributed by atoms with Crippen LogP contribution in [0.2, 0.25) is 0 Å². The van der Waals surface area contributed by atoms with Crippen molar-refractivity contribution in [3.63, 3.8) is 0 Å². The van der Waals surface area contributed by atoms with Crippen molar-refractivity contribution in [1.29, 1.82) is 0 Å².